The summed E-state index contributed by atoms with van der Waals surface area (Å²) in [5.41, 5.74) is -0.331. The Bertz CT molecular complexity index is 1200. The van der Waals surface area contributed by atoms with Crippen LogP contribution in [0.25, 0.3) is 0 Å². The fourth-order valence-corrected chi connectivity index (χ4v) is 7.79. The molecule has 9 heteroatoms. The minimum Gasteiger partial charge on any atom is -0.465 e. The summed E-state index contributed by atoms with van der Waals surface area (Å²) in [5, 5.41) is 10.4. The second-order valence-corrected chi connectivity index (χ2v) is 12.2. The van der Waals surface area contributed by atoms with Crippen LogP contribution in [0.15, 0.2) is 49.6 Å². The number of esters is 1. The summed E-state index contributed by atoms with van der Waals surface area (Å²) < 4.78 is 12.6. The number of ether oxygens (including phenoxy) is 2. The molecule has 3 aliphatic rings. The van der Waals surface area contributed by atoms with Crippen molar-refractivity contribution in [2.45, 2.75) is 95.9 Å². The van der Waals surface area contributed by atoms with E-state index >= 15 is 0 Å². The third-order valence-corrected chi connectivity index (χ3v) is 10.1. The second kappa shape index (κ2) is 14.3. The van der Waals surface area contributed by atoms with Gasteiger partial charge in [-0.25, -0.2) is 0 Å². The predicted molar refractivity (Wildman–Crippen MR) is 172 cm³/mol. The molecule has 1 N–H and O–H groups in total. The summed E-state index contributed by atoms with van der Waals surface area (Å²) >= 11 is 0. The number of aliphatic hydroxyl groups excluding tert-OH is 1. The molecule has 0 saturated carbocycles. The lowest BCUT2D eigenvalue weighted by molar-refractivity contribution is -0.162. The molecule has 44 heavy (non-hydrogen) atoms. The summed E-state index contributed by atoms with van der Waals surface area (Å²) in [6.45, 7) is 17.6. The first-order valence-electron chi connectivity index (χ1n) is 16.4. The Morgan fingerprint density at radius 3 is 2.34 bits per heavy atom. The first-order valence-corrected chi connectivity index (χ1v) is 16.4. The number of amides is 2. The fourth-order valence-electron chi connectivity index (χ4n) is 7.79. The summed E-state index contributed by atoms with van der Waals surface area (Å²) in [4.78, 5) is 48.4. The Hall–Kier alpha value is -3.17. The van der Waals surface area contributed by atoms with E-state index in [4.69, 9.17) is 9.47 Å². The number of unbranched alkanes of at least 4 members (excludes halogenated alkanes) is 2. The van der Waals surface area contributed by atoms with Crippen LogP contribution in [0, 0.1) is 11.8 Å². The molecule has 9 nitrogen and oxygen atoms in total. The molecule has 4 rings (SSSR count). The third-order valence-electron chi connectivity index (χ3n) is 10.1. The Balaban J connectivity index is 1.74. The van der Waals surface area contributed by atoms with E-state index in [9.17, 15) is 19.5 Å². The smallest absolute Gasteiger partial charge is 0.312 e. The van der Waals surface area contributed by atoms with E-state index in [1.165, 1.54) is 4.90 Å². The second-order valence-electron chi connectivity index (χ2n) is 12.2. The summed E-state index contributed by atoms with van der Waals surface area (Å²) in [6.07, 6.45) is 7.90. The fraction of sp³-hybridized carbons (Fsp3) is 0.629. The average Bonchev–Trinajstić information content (AvgIpc) is 3.65. The van der Waals surface area contributed by atoms with E-state index in [1.54, 1.807) is 11.0 Å². The molecule has 3 saturated heterocycles. The van der Waals surface area contributed by atoms with Crippen LogP contribution in [0.4, 0.5) is 11.4 Å². The lowest BCUT2D eigenvalue weighted by atomic mass is 9.65. The number of likely N-dealkylation sites (tertiary alicyclic amines) is 1. The van der Waals surface area contributed by atoms with Gasteiger partial charge in [0.05, 0.1) is 30.8 Å². The standard InChI is InChI=1S/C35H51N3O6/c1-7-13-14-15-23-43-33(42)29-28-31(40)38(25(9-3)24-39)30(35(28)21-20-34(29,10-4)44-35)32(41)37(22-8-2)27-18-16-26(17-19-27)36(11-5)12-6/h7-8,16-19,25,28-30,39H,1-2,9-15,20-24H2,3-6H3/t25-,28-,29+,30?,34-,35?/m0/s1. The molecule has 1 aromatic carbocycles. The molecule has 2 amide bonds. The Morgan fingerprint density at radius 1 is 1.09 bits per heavy atom. The quantitative estimate of drug-likeness (QED) is 0.153. The van der Waals surface area contributed by atoms with Crippen molar-refractivity contribution in [3.63, 3.8) is 0 Å². The molecule has 6 atom stereocenters. The first-order chi connectivity index (χ1) is 21.2. The molecule has 3 fully saturated rings. The maximum Gasteiger partial charge on any atom is 0.312 e. The minimum absolute atomic E-state index is 0.230. The van der Waals surface area contributed by atoms with Gasteiger partial charge in [0, 0.05) is 31.0 Å². The van der Waals surface area contributed by atoms with Gasteiger partial charge >= 0.3 is 5.97 Å². The average molecular weight is 610 g/mol. The molecular weight excluding hydrogens is 558 g/mol. The Morgan fingerprint density at radius 2 is 1.77 bits per heavy atom. The number of aliphatic hydroxyl groups is 1. The highest BCUT2D eigenvalue weighted by molar-refractivity contribution is 6.05. The van der Waals surface area contributed by atoms with Gasteiger partial charge in [0.25, 0.3) is 5.91 Å². The Labute approximate surface area is 262 Å². The van der Waals surface area contributed by atoms with Crippen molar-refractivity contribution in [1.82, 2.24) is 4.90 Å². The lowest BCUT2D eigenvalue weighted by Crippen LogP contribution is -2.59. The van der Waals surface area contributed by atoms with Crippen molar-refractivity contribution in [2.75, 3.05) is 42.6 Å². The van der Waals surface area contributed by atoms with E-state index in [-0.39, 0.29) is 31.6 Å². The normalized spacial score (nSPS) is 27.6. The van der Waals surface area contributed by atoms with Crippen LogP contribution >= 0.6 is 0 Å². The number of hydrogen-bond acceptors (Lipinski definition) is 7. The van der Waals surface area contributed by atoms with Crippen molar-refractivity contribution in [2.24, 2.45) is 11.8 Å². The SMILES string of the molecule is C=CCCCCOC(=O)[C@H]1[C@H]2C(=O)N([C@@H](CC)CO)C(C(=O)N(CC=C)c3ccc(N(CC)CC)cc3)C23CC[C@]1(CC)O3. The molecule has 0 aliphatic carbocycles. The van der Waals surface area contributed by atoms with Crippen LogP contribution in [-0.4, -0.2) is 83.9 Å². The van der Waals surface area contributed by atoms with Gasteiger partial charge < -0.3 is 29.3 Å². The zero-order chi connectivity index (χ0) is 32.1. The van der Waals surface area contributed by atoms with Crippen LogP contribution in [0.5, 0.6) is 0 Å². The monoisotopic (exact) mass is 609 g/mol. The summed E-state index contributed by atoms with van der Waals surface area (Å²) in [7, 11) is 0. The number of allylic oxidation sites excluding steroid dienone is 1. The third kappa shape index (κ3) is 5.69. The molecular formula is C35H51N3O6. The van der Waals surface area contributed by atoms with Gasteiger partial charge in [-0.2, -0.15) is 0 Å². The van der Waals surface area contributed by atoms with Crippen LogP contribution < -0.4 is 9.80 Å². The van der Waals surface area contributed by atoms with Gasteiger partial charge in [-0.05, 0) is 83.1 Å². The largest absolute Gasteiger partial charge is 0.465 e. The lowest BCUT2D eigenvalue weighted by Gasteiger charge is -2.39. The zero-order valence-corrected chi connectivity index (χ0v) is 27.0. The van der Waals surface area contributed by atoms with Crippen LogP contribution in [0.1, 0.15) is 72.6 Å². The number of carbonyl (C=O) groups excluding carboxylic acids is 3. The van der Waals surface area contributed by atoms with Crippen molar-refractivity contribution in [3.8, 4) is 0 Å². The Kier molecular flexibility index (Phi) is 10.9. The molecule has 2 unspecified atom stereocenters. The molecule has 0 radical (unpaired) electrons. The maximum absolute atomic E-state index is 14.8. The highest BCUT2D eigenvalue weighted by Crippen LogP contribution is 2.65. The minimum atomic E-state index is -1.19. The van der Waals surface area contributed by atoms with Crippen LogP contribution in [0.3, 0.4) is 0 Å². The number of nitrogens with zero attached hydrogens (tertiary/aromatic N) is 3. The van der Waals surface area contributed by atoms with E-state index in [0.29, 0.717) is 37.8 Å². The van der Waals surface area contributed by atoms with Crippen LogP contribution in [0.2, 0.25) is 0 Å². The molecule has 0 aromatic heterocycles. The van der Waals surface area contributed by atoms with Gasteiger partial charge in [0.2, 0.25) is 5.91 Å². The van der Waals surface area contributed by atoms with Gasteiger partial charge in [-0.1, -0.05) is 26.0 Å². The maximum atomic E-state index is 14.8. The molecule has 242 valence electrons. The van der Waals surface area contributed by atoms with Crippen molar-refractivity contribution in [1.29, 1.82) is 0 Å². The highest BCUT2D eigenvalue weighted by Gasteiger charge is 2.79. The van der Waals surface area contributed by atoms with E-state index in [2.05, 4.69) is 31.9 Å². The number of rotatable bonds is 17. The zero-order valence-electron chi connectivity index (χ0n) is 27.0. The van der Waals surface area contributed by atoms with Crippen molar-refractivity contribution in [3.05, 3.63) is 49.6 Å². The van der Waals surface area contributed by atoms with Gasteiger partial charge in [0.1, 0.15) is 17.6 Å². The predicted octanol–water partition coefficient (Wildman–Crippen LogP) is 4.88. The van der Waals surface area contributed by atoms with Crippen LogP contribution in [-0.2, 0) is 23.9 Å². The number of hydrogen-bond donors (Lipinski definition) is 1. The van der Waals surface area contributed by atoms with E-state index < -0.39 is 41.1 Å². The molecule has 1 aromatic rings. The topological polar surface area (TPSA) is 99.6 Å². The van der Waals surface area contributed by atoms with Gasteiger partial charge in [-0.3, -0.25) is 14.4 Å². The number of fused-ring (bicyclic) bond motifs is 1. The first kappa shape index (κ1) is 33.7. The van der Waals surface area contributed by atoms with Crippen molar-refractivity contribution < 1.29 is 29.0 Å². The molecule has 3 heterocycles. The molecule has 2 bridgehead atoms. The summed E-state index contributed by atoms with van der Waals surface area (Å²) in [6, 6.07) is 6.24. The van der Waals surface area contributed by atoms with Gasteiger partial charge in [-0.15, -0.1) is 13.2 Å². The van der Waals surface area contributed by atoms with E-state index in [0.717, 1.165) is 31.6 Å². The van der Waals surface area contributed by atoms with E-state index in [1.807, 2.05) is 44.2 Å². The summed E-state index contributed by atoms with van der Waals surface area (Å²) in [5.74, 6) is -2.73. The highest BCUT2D eigenvalue weighted by atomic mass is 16.6. The van der Waals surface area contributed by atoms with Crippen molar-refractivity contribution >= 4 is 29.2 Å². The molecule has 1 spiro atoms. The number of carbonyl (C=O) groups is 3. The number of anilines is 2. The molecule has 3 aliphatic heterocycles. The van der Waals surface area contributed by atoms with Gasteiger partial charge in [0.15, 0.2) is 0 Å². The number of benzene rings is 1.